The fourth-order valence-corrected chi connectivity index (χ4v) is 4.61. The Hall–Kier alpha value is -2.79. The van der Waals surface area contributed by atoms with Gasteiger partial charge in [-0.3, -0.25) is 4.79 Å². The highest BCUT2D eigenvalue weighted by molar-refractivity contribution is 6.08. The van der Waals surface area contributed by atoms with Gasteiger partial charge in [0.1, 0.15) is 5.75 Å². The molecular weight excluding hydrogens is 374 g/mol. The summed E-state index contributed by atoms with van der Waals surface area (Å²) in [6, 6.07) is 16.0. The highest BCUT2D eigenvalue weighted by Crippen LogP contribution is 2.28. The molecule has 1 aliphatic rings. The van der Waals surface area contributed by atoms with E-state index in [2.05, 4.69) is 40.2 Å². The van der Waals surface area contributed by atoms with E-state index in [4.69, 9.17) is 0 Å². The van der Waals surface area contributed by atoms with E-state index in [9.17, 15) is 9.90 Å². The Morgan fingerprint density at radius 3 is 2.63 bits per heavy atom. The molecule has 2 N–H and O–H groups in total. The molecule has 2 aromatic carbocycles. The molecule has 1 aliphatic heterocycles. The first-order chi connectivity index (χ1) is 14.5. The van der Waals surface area contributed by atoms with Gasteiger partial charge < -0.3 is 19.9 Å². The summed E-state index contributed by atoms with van der Waals surface area (Å²) in [5, 5.41) is 10.7. The second kappa shape index (κ2) is 8.92. The highest BCUT2D eigenvalue weighted by atomic mass is 16.3. The number of likely N-dealkylation sites (tertiary alicyclic amines) is 1. The number of aromatic nitrogens is 1. The minimum Gasteiger partial charge on any atom is -0.508 e. The lowest BCUT2D eigenvalue weighted by Crippen LogP contribution is -2.45. The van der Waals surface area contributed by atoms with E-state index in [1.807, 2.05) is 24.9 Å². The van der Waals surface area contributed by atoms with Gasteiger partial charge in [0.2, 0.25) is 0 Å². The zero-order chi connectivity index (χ0) is 21.1. The molecule has 158 valence electrons. The number of fused-ring (bicyclic) bond motifs is 1. The van der Waals surface area contributed by atoms with Crippen molar-refractivity contribution in [2.45, 2.75) is 38.6 Å². The fourth-order valence-electron chi connectivity index (χ4n) is 4.61. The molecule has 5 heteroatoms. The Morgan fingerprint density at radius 2 is 1.90 bits per heavy atom. The van der Waals surface area contributed by atoms with Gasteiger partial charge in [0.25, 0.3) is 5.91 Å². The van der Waals surface area contributed by atoms with Crippen molar-refractivity contribution >= 4 is 16.8 Å². The van der Waals surface area contributed by atoms with Crippen LogP contribution in [-0.2, 0) is 6.42 Å². The van der Waals surface area contributed by atoms with E-state index in [1.54, 1.807) is 12.1 Å². The number of aromatic amines is 1. The van der Waals surface area contributed by atoms with Crippen LogP contribution in [0.3, 0.4) is 0 Å². The third-order valence-corrected chi connectivity index (χ3v) is 6.39. The van der Waals surface area contributed by atoms with Gasteiger partial charge in [-0.15, -0.1) is 0 Å². The summed E-state index contributed by atoms with van der Waals surface area (Å²) in [4.78, 5) is 21.0. The molecule has 1 fully saturated rings. The summed E-state index contributed by atoms with van der Waals surface area (Å²) in [5.74, 6) is 0.217. The lowest BCUT2D eigenvalue weighted by Gasteiger charge is -2.37. The topological polar surface area (TPSA) is 59.6 Å². The molecule has 3 aromatic rings. The minimum atomic E-state index is 0.0341. The molecule has 2 heterocycles. The van der Waals surface area contributed by atoms with Gasteiger partial charge >= 0.3 is 0 Å². The van der Waals surface area contributed by atoms with Crippen LogP contribution < -0.4 is 0 Å². The average Bonchev–Trinajstić information content (AvgIpc) is 3.09. The number of phenols is 1. The van der Waals surface area contributed by atoms with Gasteiger partial charge in [0.15, 0.2) is 0 Å². The average molecular weight is 406 g/mol. The lowest BCUT2D eigenvalue weighted by atomic mass is 10.0. The van der Waals surface area contributed by atoms with E-state index < -0.39 is 0 Å². The molecule has 0 aliphatic carbocycles. The molecule has 4 rings (SSSR count). The molecule has 0 atom stereocenters. The van der Waals surface area contributed by atoms with Crippen LogP contribution in [0.2, 0.25) is 0 Å². The molecule has 0 saturated carbocycles. The Morgan fingerprint density at radius 1 is 1.17 bits per heavy atom. The standard InChI is InChI=1S/C25H31N3O2/c1-18-24(22-17-21(29)10-11-23(22)26-18)25(30)27(2)20-12-15-28(16-13-20)14-6-9-19-7-4-3-5-8-19/h3-5,7-8,10-11,17,20,26,29H,6,9,12-16H2,1-2H3. The molecule has 1 saturated heterocycles. The molecule has 1 amide bonds. The number of aryl methyl sites for hydroxylation is 2. The minimum absolute atomic E-state index is 0.0341. The first kappa shape index (κ1) is 20.5. The number of phenolic OH excluding ortho intramolecular Hbond substituents is 1. The van der Waals surface area contributed by atoms with Crippen LogP contribution in [0.1, 0.15) is 40.9 Å². The maximum absolute atomic E-state index is 13.3. The summed E-state index contributed by atoms with van der Waals surface area (Å²) < 4.78 is 0. The zero-order valence-corrected chi connectivity index (χ0v) is 17.9. The van der Waals surface area contributed by atoms with Crippen molar-refractivity contribution in [3.63, 3.8) is 0 Å². The summed E-state index contributed by atoms with van der Waals surface area (Å²) in [6.07, 6.45) is 4.29. The maximum atomic E-state index is 13.3. The number of hydrogen-bond donors (Lipinski definition) is 2. The number of carbonyl (C=O) groups is 1. The van der Waals surface area contributed by atoms with Gasteiger partial charge in [0.05, 0.1) is 5.56 Å². The molecule has 0 radical (unpaired) electrons. The monoisotopic (exact) mass is 405 g/mol. The SMILES string of the molecule is Cc1[nH]c2ccc(O)cc2c1C(=O)N(C)C1CCN(CCCc2ccccc2)CC1. The van der Waals surface area contributed by atoms with Crippen molar-refractivity contribution in [2.24, 2.45) is 0 Å². The first-order valence-electron chi connectivity index (χ1n) is 10.9. The van der Waals surface area contributed by atoms with Crippen LogP contribution in [0.5, 0.6) is 5.75 Å². The van der Waals surface area contributed by atoms with Gasteiger partial charge in [-0.2, -0.15) is 0 Å². The maximum Gasteiger partial charge on any atom is 0.256 e. The molecule has 5 nitrogen and oxygen atoms in total. The number of piperidine rings is 1. The van der Waals surface area contributed by atoms with Crippen LogP contribution in [-0.4, -0.2) is 58.5 Å². The summed E-state index contributed by atoms with van der Waals surface area (Å²) >= 11 is 0. The van der Waals surface area contributed by atoms with Crippen LogP contribution in [0, 0.1) is 6.92 Å². The predicted octanol–water partition coefficient (Wildman–Crippen LogP) is 4.35. The van der Waals surface area contributed by atoms with Gasteiger partial charge in [-0.25, -0.2) is 0 Å². The number of nitrogens with one attached hydrogen (secondary N) is 1. The number of nitrogens with zero attached hydrogens (tertiary/aromatic N) is 2. The first-order valence-corrected chi connectivity index (χ1v) is 10.9. The molecule has 0 bridgehead atoms. The number of hydrogen-bond acceptors (Lipinski definition) is 3. The van der Waals surface area contributed by atoms with Gasteiger partial charge in [-0.05, 0) is 62.9 Å². The van der Waals surface area contributed by atoms with E-state index in [0.717, 1.165) is 55.5 Å². The van der Waals surface area contributed by atoms with Crippen molar-refractivity contribution in [3.8, 4) is 5.75 Å². The van der Waals surface area contributed by atoms with Crippen LogP contribution in [0.25, 0.3) is 10.9 Å². The quantitative estimate of drug-likeness (QED) is 0.641. The number of amides is 1. The van der Waals surface area contributed by atoms with Crippen molar-refractivity contribution in [1.82, 2.24) is 14.8 Å². The van der Waals surface area contributed by atoms with Crippen molar-refractivity contribution in [1.29, 1.82) is 0 Å². The molecular formula is C25H31N3O2. The Kier molecular flexibility index (Phi) is 6.09. The summed E-state index contributed by atoms with van der Waals surface area (Å²) in [7, 11) is 1.92. The number of carbonyl (C=O) groups excluding carboxylic acids is 1. The Labute approximate surface area is 178 Å². The van der Waals surface area contributed by atoms with Gasteiger partial charge in [0, 0.05) is 42.8 Å². The molecule has 30 heavy (non-hydrogen) atoms. The second-order valence-corrected chi connectivity index (χ2v) is 8.43. The largest absolute Gasteiger partial charge is 0.508 e. The van der Waals surface area contributed by atoms with Crippen molar-refractivity contribution in [2.75, 3.05) is 26.7 Å². The zero-order valence-electron chi connectivity index (χ0n) is 17.9. The Bertz CT molecular complexity index is 1000. The van der Waals surface area contributed by atoms with Crippen molar-refractivity contribution in [3.05, 3.63) is 65.4 Å². The number of H-pyrrole nitrogens is 1. The number of benzene rings is 2. The van der Waals surface area contributed by atoms with Crippen LogP contribution >= 0.6 is 0 Å². The molecule has 0 unspecified atom stereocenters. The van der Waals surface area contributed by atoms with Crippen LogP contribution in [0.15, 0.2) is 48.5 Å². The third kappa shape index (κ3) is 4.36. The molecule has 0 spiro atoms. The number of rotatable bonds is 6. The summed E-state index contributed by atoms with van der Waals surface area (Å²) in [6.45, 7) is 5.10. The molecule has 1 aromatic heterocycles. The van der Waals surface area contributed by atoms with Crippen LogP contribution in [0.4, 0.5) is 0 Å². The van der Waals surface area contributed by atoms with Crippen molar-refractivity contribution < 1.29 is 9.90 Å². The van der Waals surface area contributed by atoms with E-state index in [0.29, 0.717) is 5.56 Å². The van der Waals surface area contributed by atoms with E-state index >= 15 is 0 Å². The number of aromatic hydroxyl groups is 1. The predicted molar refractivity (Wildman–Crippen MR) is 121 cm³/mol. The van der Waals surface area contributed by atoms with E-state index in [1.165, 1.54) is 12.0 Å². The smallest absolute Gasteiger partial charge is 0.256 e. The lowest BCUT2D eigenvalue weighted by molar-refractivity contribution is 0.0643. The Balaban J connectivity index is 1.33. The second-order valence-electron chi connectivity index (χ2n) is 8.43. The van der Waals surface area contributed by atoms with E-state index in [-0.39, 0.29) is 17.7 Å². The normalized spacial score (nSPS) is 15.5. The summed E-state index contributed by atoms with van der Waals surface area (Å²) in [5.41, 5.74) is 3.81. The fraction of sp³-hybridized carbons (Fsp3) is 0.400. The third-order valence-electron chi connectivity index (χ3n) is 6.39. The highest BCUT2D eigenvalue weighted by Gasteiger charge is 2.28. The van der Waals surface area contributed by atoms with Gasteiger partial charge in [-0.1, -0.05) is 30.3 Å².